The Morgan fingerprint density at radius 3 is 2.79 bits per heavy atom. The smallest absolute Gasteiger partial charge is 0.220 e. The maximum absolute atomic E-state index is 13.8. The van der Waals surface area contributed by atoms with Crippen LogP contribution >= 0.6 is 11.3 Å². The summed E-state index contributed by atoms with van der Waals surface area (Å²) in [5.41, 5.74) is 1.35. The van der Waals surface area contributed by atoms with E-state index in [9.17, 15) is 9.18 Å². The Morgan fingerprint density at radius 1 is 1.11 bits per heavy atom. The van der Waals surface area contributed by atoms with Crippen LogP contribution in [0, 0.1) is 5.82 Å². The fraction of sp³-hybridized carbons (Fsp3) is 0.190. The standard InChI is InChI=1S/C21H18FN3O2S/c22-15-6-2-1-5-14(15)17-13-24-20(27-17)10-9-19(26)23-12-11-21-25-16-7-3-4-8-18(16)28-21/h1-8,13H,9-12H2,(H,23,26). The molecule has 0 radical (unpaired) electrons. The lowest BCUT2D eigenvalue weighted by Gasteiger charge is -2.02. The summed E-state index contributed by atoms with van der Waals surface area (Å²) in [7, 11) is 0. The number of amides is 1. The van der Waals surface area contributed by atoms with Crippen molar-refractivity contribution in [3.63, 3.8) is 0 Å². The van der Waals surface area contributed by atoms with Gasteiger partial charge in [-0.15, -0.1) is 11.3 Å². The Bertz CT molecular complexity index is 1070. The maximum atomic E-state index is 13.8. The van der Waals surface area contributed by atoms with Crippen LogP contribution in [0.25, 0.3) is 21.5 Å². The molecule has 1 amide bonds. The number of benzene rings is 2. The molecular formula is C21H18FN3O2S. The molecule has 7 heteroatoms. The molecule has 0 spiro atoms. The van der Waals surface area contributed by atoms with Crippen LogP contribution in [0.2, 0.25) is 0 Å². The molecule has 0 fully saturated rings. The third-order valence-electron chi connectivity index (χ3n) is 4.26. The van der Waals surface area contributed by atoms with E-state index in [1.54, 1.807) is 29.5 Å². The highest BCUT2D eigenvalue weighted by Gasteiger charge is 2.12. The van der Waals surface area contributed by atoms with Crippen LogP contribution in [0.1, 0.15) is 17.3 Å². The summed E-state index contributed by atoms with van der Waals surface area (Å²) in [6.45, 7) is 0.532. The van der Waals surface area contributed by atoms with Gasteiger partial charge in [0.15, 0.2) is 11.7 Å². The maximum Gasteiger partial charge on any atom is 0.220 e. The lowest BCUT2D eigenvalue weighted by atomic mass is 10.2. The number of oxazole rings is 1. The second-order valence-corrected chi connectivity index (χ2v) is 7.39. The van der Waals surface area contributed by atoms with Gasteiger partial charge < -0.3 is 9.73 Å². The van der Waals surface area contributed by atoms with Crippen LogP contribution in [0.15, 0.2) is 59.1 Å². The van der Waals surface area contributed by atoms with Gasteiger partial charge in [0.25, 0.3) is 0 Å². The second kappa shape index (κ2) is 8.31. The molecule has 0 saturated heterocycles. The predicted octanol–water partition coefficient (Wildman–Crippen LogP) is 4.38. The fourth-order valence-corrected chi connectivity index (χ4v) is 3.82. The third kappa shape index (κ3) is 4.26. The molecule has 0 unspecified atom stereocenters. The summed E-state index contributed by atoms with van der Waals surface area (Å²) in [5.74, 6) is 0.341. The fourth-order valence-electron chi connectivity index (χ4n) is 2.86. The molecule has 142 valence electrons. The number of aryl methyl sites for hydroxylation is 1. The van der Waals surface area contributed by atoms with E-state index < -0.39 is 0 Å². The monoisotopic (exact) mass is 395 g/mol. The molecule has 0 aliphatic heterocycles. The van der Waals surface area contributed by atoms with E-state index >= 15 is 0 Å². The van der Waals surface area contributed by atoms with E-state index in [1.807, 2.05) is 24.3 Å². The van der Waals surface area contributed by atoms with E-state index in [-0.39, 0.29) is 18.1 Å². The van der Waals surface area contributed by atoms with Gasteiger partial charge in [0.1, 0.15) is 5.82 Å². The van der Waals surface area contributed by atoms with Crippen molar-refractivity contribution in [2.45, 2.75) is 19.3 Å². The normalized spacial score (nSPS) is 11.0. The van der Waals surface area contributed by atoms with Crippen molar-refractivity contribution in [3.05, 3.63) is 71.4 Å². The Morgan fingerprint density at radius 2 is 1.93 bits per heavy atom. The number of hydrogen-bond donors (Lipinski definition) is 1. The van der Waals surface area contributed by atoms with Crippen molar-refractivity contribution in [2.24, 2.45) is 0 Å². The average molecular weight is 395 g/mol. The molecule has 0 bridgehead atoms. The van der Waals surface area contributed by atoms with Crippen LogP contribution in [-0.2, 0) is 17.6 Å². The number of fused-ring (bicyclic) bond motifs is 1. The highest BCUT2D eigenvalue weighted by atomic mass is 32.1. The topological polar surface area (TPSA) is 68.0 Å². The van der Waals surface area contributed by atoms with Crippen molar-refractivity contribution < 1.29 is 13.6 Å². The quantitative estimate of drug-likeness (QED) is 0.504. The van der Waals surface area contributed by atoms with Gasteiger partial charge in [0.2, 0.25) is 5.91 Å². The van der Waals surface area contributed by atoms with Gasteiger partial charge in [-0.25, -0.2) is 14.4 Å². The number of rotatable bonds is 7. The molecule has 2 aromatic carbocycles. The van der Waals surface area contributed by atoms with Gasteiger partial charge >= 0.3 is 0 Å². The van der Waals surface area contributed by atoms with E-state index in [0.29, 0.717) is 36.6 Å². The van der Waals surface area contributed by atoms with Crippen LogP contribution in [-0.4, -0.2) is 22.4 Å². The average Bonchev–Trinajstić information content (AvgIpc) is 3.33. The van der Waals surface area contributed by atoms with Crippen LogP contribution in [0.4, 0.5) is 4.39 Å². The number of para-hydroxylation sites is 1. The molecule has 0 saturated carbocycles. The molecule has 5 nitrogen and oxygen atoms in total. The Labute approximate surface area is 165 Å². The van der Waals surface area contributed by atoms with Gasteiger partial charge in [-0.2, -0.15) is 0 Å². The minimum Gasteiger partial charge on any atom is -0.441 e. The number of hydrogen-bond acceptors (Lipinski definition) is 5. The third-order valence-corrected chi connectivity index (χ3v) is 5.35. The Balaban J connectivity index is 1.25. The molecule has 28 heavy (non-hydrogen) atoms. The number of nitrogens with one attached hydrogen (secondary N) is 1. The first-order valence-electron chi connectivity index (χ1n) is 9.00. The zero-order chi connectivity index (χ0) is 19.3. The SMILES string of the molecule is O=C(CCc1ncc(-c2ccccc2F)o1)NCCc1nc2ccccc2s1. The summed E-state index contributed by atoms with van der Waals surface area (Å²) in [4.78, 5) is 20.7. The summed E-state index contributed by atoms with van der Waals surface area (Å²) in [6, 6.07) is 14.3. The van der Waals surface area contributed by atoms with Gasteiger partial charge in [-0.05, 0) is 24.3 Å². The minimum absolute atomic E-state index is 0.0771. The number of halogens is 1. The summed E-state index contributed by atoms with van der Waals surface area (Å²) >= 11 is 1.64. The molecular weight excluding hydrogens is 377 g/mol. The lowest BCUT2D eigenvalue weighted by molar-refractivity contribution is -0.121. The van der Waals surface area contributed by atoms with Gasteiger partial charge in [0, 0.05) is 25.8 Å². The van der Waals surface area contributed by atoms with E-state index in [0.717, 1.165) is 15.2 Å². The van der Waals surface area contributed by atoms with Gasteiger partial charge in [-0.3, -0.25) is 4.79 Å². The van der Waals surface area contributed by atoms with E-state index in [1.165, 1.54) is 12.3 Å². The molecule has 2 aromatic heterocycles. The van der Waals surface area contributed by atoms with Gasteiger partial charge in [0.05, 0.1) is 27.0 Å². The minimum atomic E-state index is -0.363. The number of carbonyl (C=O) groups excluding carboxylic acids is 1. The molecule has 0 atom stereocenters. The molecule has 4 aromatic rings. The number of thiazole rings is 1. The summed E-state index contributed by atoms with van der Waals surface area (Å²) < 4.78 is 20.5. The first kappa shape index (κ1) is 18.3. The van der Waals surface area contributed by atoms with Crippen LogP contribution in [0.5, 0.6) is 0 Å². The number of nitrogens with zero attached hydrogens (tertiary/aromatic N) is 2. The van der Waals surface area contributed by atoms with Crippen molar-refractivity contribution in [3.8, 4) is 11.3 Å². The van der Waals surface area contributed by atoms with Crippen molar-refractivity contribution >= 4 is 27.5 Å². The molecule has 0 aliphatic rings. The van der Waals surface area contributed by atoms with E-state index in [4.69, 9.17) is 4.42 Å². The molecule has 0 aliphatic carbocycles. The highest BCUT2D eigenvalue weighted by molar-refractivity contribution is 7.18. The first-order valence-corrected chi connectivity index (χ1v) is 9.81. The first-order chi connectivity index (χ1) is 13.7. The summed E-state index contributed by atoms with van der Waals surface area (Å²) in [5, 5.41) is 3.90. The predicted molar refractivity (Wildman–Crippen MR) is 107 cm³/mol. The second-order valence-electron chi connectivity index (χ2n) is 6.27. The number of carbonyl (C=O) groups is 1. The summed E-state index contributed by atoms with van der Waals surface area (Å²) in [6.07, 6.45) is 2.80. The zero-order valence-electron chi connectivity index (χ0n) is 15.0. The number of aromatic nitrogens is 2. The largest absolute Gasteiger partial charge is 0.441 e. The molecule has 2 heterocycles. The lowest BCUT2D eigenvalue weighted by Crippen LogP contribution is -2.25. The molecule has 1 N–H and O–H groups in total. The van der Waals surface area contributed by atoms with E-state index in [2.05, 4.69) is 15.3 Å². The molecule has 4 rings (SSSR count). The van der Waals surface area contributed by atoms with Crippen LogP contribution < -0.4 is 5.32 Å². The highest BCUT2D eigenvalue weighted by Crippen LogP contribution is 2.24. The Hall–Kier alpha value is -3.06. The Kier molecular flexibility index (Phi) is 5.43. The zero-order valence-corrected chi connectivity index (χ0v) is 15.8. The van der Waals surface area contributed by atoms with Crippen molar-refractivity contribution in [1.82, 2.24) is 15.3 Å². The van der Waals surface area contributed by atoms with Crippen LogP contribution in [0.3, 0.4) is 0 Å². The van der Waals surface area contributed by atoms with Gasteiger partial charge in [-0.1, -0.05) is 24.3 Å². The van der Waals surface area contributed by atoms with Crippen molar-refractivity contribution in [1.29, 1.82) is 0 Å². The van der Waals surface area contributed by atoms with Crippen molar-refractivity contribution in [2.75, 3.05) is 6.54 Å².